The number of carbonyl (C=O) groups is 1. The van der Waals surface area contributed by atoms with Gasteiger partial charge in [0.2, 0.25) is 5.91 Å². The molecule has 0 aliphatic carbocycles. The topological polar surface area (TPSA) is 69.0 Å². The van der Waals surface area contributed by atoms with E-state index >= 15 is 0 Å². The molecule has 0 aliphatic rings. The summed E-state index contributed by atoms with van der Waals surface area (Å²) in [4.78, 5) is 12.4. The first-order chi connectivity index (χ1) is 15.5. The van der Waals surface area contributed by atoms with Crippen molar-refractivity contribution >= 4 is 23.4 Å². The van der Waals surface area contributed by atoms with Gasteiger partial charge in [-0.25, -0.2) is 4.39 Å². The molecule has 0 unspecified atom stereocenters. The van der Waals surface area contributed by atoms with Gasteiger partial charge in [0.05, 0.1) is 12.9 Å². The molecule has 1 aromatic heterocycles. The van der Waals surface area contributed by atoms with Crippen LogP contribution < -0.4 is 10.1 Å². The highest BCUT2D eigenvalue weighted by Crippen LogP contribution is 2.29. The Bertz CT molecular complexity index is 1210. The molecular weight excluding hydrogens is 427 g/mol. The SMILES string of the molecule is COc1ccc(-c2nnc(SCC(=O)Nc3ccc(F)cc3)n2-c2ccc(C)cc2)cc1. The summed E-state index contributed by atoms with van der Waals surface area (Å²) >= 11 is 1.28. The van der Waals surface area contributed by atoms with E-state index in [1.165, 1.54) is 36.0 Å². The van der Waals surface area contributed by atoms with Gasteiger partial charge in [0.1, 0.15) is 11.6 Å². The van der Waals surface area contributed by atoms with Gasteiger partial charge in [-0.1, -0.05) is 29.5 Å². The summed E-state index contributed by atoms with van der Waals surface area (Å²) in [6, 6.07) is 21.2. The summed E-state index contributed by atoms with van der Waals surface area (Å²) in [7, 11) is 1.62. The second kappa shape index (κ2) is 9.65. The lowest BCUT2D eigenvalue weighted by molar-refractivity contribution is -0.113. The van der Waals surface area contributed by atoms with Crippen LogP contribution in [0.1, 0.15) is 5.56 Å². The number of hydrogen-bond acceptors (Lipinski definition) is 5. The van der Waals surface area contributed by atoms with Crippen molar-refractivity contribution in [3.63, 3.8) is 0 Å². The number of carbonyl (C=O) groups excluding carboxylic acids is 1. The monoisotopic (exact) mass is 448 g/mol. The number of amides is 1. The molecule has 3 aromatic carbocycles. The standard InChI is InChI=1S/C24H21FN4O2S/c1-16-3-11-20(12-4-16)29-23(17-5-13-21(31-2)14-6-17)27-28-24(29)32-15-22(30)26-19-9-7-18(25)8-10-19/h3-14H,15H2,1-2H3,(H,26,30). The molecule has 1 N–H and O–H groups in total. The van der Waals surface area contributed by atoms with Gasteiger partial charge >= 0.3 is 0 Å². The number of halogens is 1. The van der Waals surface area contributed by atoms with E-state index in [9.17, 15) is 9.18 Å². The first-order valence-corrected chi connectivity index (χ1v) is 10.9. The molecule has 0 radical (unpaired) electrons. The summed E-state index contributed by atoms with van der Waals surface area (Å²) in [5.74, 6) is 0.977. The van der Waals surface area contributed by atoms with Crippen molar-refractivity contribution in [1.82, 2.24) is 14.8 Å². The molecule has 0 saturated carbocycles. The van der Waals surface area contributed by atoms with Gasteiger partial charge < -0.3 is 10.1 Å². The quantitative estimate of drug-likeness (QED) is 0.398. The first kappa shape index (κ1) is 21.6. The van der Waals surface area contributed by atoms with Crippen molar-refractivity contribution in [2.24, 2.45) is 0 Å². The van der Waals surface area contributed by atoms with Gasteiger partial charge in [0.25, 0.3) is 0 Å². The Kier molecular flexibility index (Phi) is 6.51. The average molecular weight is 449 g/mol. The zero-order valence-electron chi connectivity index (χ0n) is 17.6. The van der Waals surface area contributed by atoms with Crippen LogP contribution in [0.25, 0.3) is 17.1 Å². The number of ether oxygens (including phenoxy) is 1. The maximum absolute atomic E-state index is 13.1. The minimum atomic E-state index is -0.352. The molecule has 1 amide bonds. The number of methoxy groups -OCH3 is 1. The number of aryl methyl sites for hydroxylation is 1. The predicted molar refractivity (Wildman–Crippen MR) is 124 cm³/mol. The molecule has 0 spiro atoms. The van der Waals surface area contributed by atoms with E-state index in [0.29, 0.717) is 16.7 Å². The molecule has 4 aromatic rings. The average Bonchev–Trinajstić information content (AvgIpc) is 3.24. The van der Waals surface area contributed by atoms with E-state index in [4.69, 9.17) is 4.74 Å². The number of benzene rings is 3. The van der Waals surface area contributed by atoms with E-state index in [1.54, 1.807) is 7.11 Å². The molecule has 8 heteroatoms. The maximum atomic E-state index is 13.1. The number of aromatic nitrogens is 3. The summed E-state index contributed by atoms with van der Waals surface area (Å²) in [5.41, 5.74) is 3.45. The molecule has 32 heavy (non-hydrogen) atoms. The number of nitrogens with one attached hydrogen (secondary N) is 1. The molecule has 162 valence electrons. The Morgan fingerprint density at radius 1 is 1.00 bits per heavy atom. The van der Waals surface area contributed by atoms with Crippen molar-refractivity contribution in [1.29, 1.82) is 0 Å². The van der Waals surface area contributed by atoms with Gasteiger partial charge in [-0.15, -0.1) is 10.2 Å². The fraction of sp³-hybridized carbons (Fsp3) is 0.125. The first-order valence-electron chi connectivity index (χ1n) is 9.88. The lowest BCUT2D eigenvalue weighted by Gasteiger charge is -2.11. The Morgan fingerprint density at radius 2 is 1.69 bits per heavy atom. The van der Waals surface area contributed by atoms with E-state index in [-0.39, 0.29) is 17.5 Å². The van der Waals surface area contributed by atoms with E-state index in [2.05, 4.69) is 15.5 Å². The van der Waals surface area contributed by atoms with E-state index in [1.807, 2.05) is 60.0 Å². The third-order valence-electron chi connectivity index (χ3n) is 4.73. The minimum Gasteiger partial charge on any atom is -0.497 e. The molecule has 4 rings (SSSR count). The zero-order valence-corrected chi connectivity index (χ0v) is 18.4. The Balaban J connectivity index is 1.59. The molecule has 1 heterocycles. The normalized spacial score (nSPS) is 10.7. The molecule has 0 atom stereocenters. The highest BCUT2D eigenvalue weighted by molar-refractivity contribution is 7.99. The highest BCUT2D eigenvalue weighted by Gasteiger charge is 2.17. The molecule has 0 aliphatic heterocycles. The fourth-order valence-corrected chi connectivity index (χ4v) is 3.83. The molecule has 0 fully saturated rings. The number of hydrogen-bond donors (Lipinski definition) is 1. The van der Waals surface area contributed by atoms with Crippen LogP contribution in [0.4, 0.5) is 10.1 Å². The van der Waals surface area contributed by atoms with E-state index < -0.39 is 0 Å². The minimum absolute atomic E-state index is 0.129. The highest BCUT2D eigenvalue weighted by atomic mass is 32.2. The van der Waals surface area contributed by atoms with Crippen LogP contribution >= 0.6 is 11.8 Å². The third-order valence-corrected chi connectivity index (χ3v) is 5.66. The summed E-state index contributed by atoms with van der Waals surface area (Å²) in [6.07, 6.45) is 0. The summed E-state index contributed by atoms with van der Waals surface area (Å²) < 4.78 is 20.2. The van der Waals surface area contributed by atoms with Crippen molar-refractivity contribution in [2.45, 2.75) is 12.1 Å². The lowest BCUT2D eigenvalue weighted by Crippen LogP contribution is -2.14. The Hall–Kier alpha value is -3.65. The van der Waals surface area contributed by atoms with Crippen LogP contribution in [0.2, 0.25) is 0 Å². The summed E-state index contributed by atoms with van der Waals surface area (Å²) in [5, 5.41) is 12.1. The van der Waals surface area contributed by atoms with Gasteiger partial charge in [-0.05, 0) is 67.6 Å². The predicted octanol–water partition coefficient (Wildman–Crippen LogP) is 5.12. The van der Waals surface area contributed by atoms with Crippen molar-refractivity contribution < 1.29 is 13.9 Å². The van der Waals surface area contributed by atoms with Crippen LogP contribution in [0.15, 0.2) is 78.0 Å². The molecular formula is C24H21FN4O2S. The third kappa shape index (κ3) is 4.97. The summed E-state index contributed by atoms with van der Waals surface area (Å²) in [6.45, 7) is 2.02. The largest absolute Gasteiger partial charge is 0.497 e. The van der Waals surface area contributed by atoms with Gasteiger partial charge in [-0.2, -0.15) is 0 Å². The van der Waals surface area contributed by atoms with Crippen molar-refractivity contribution in [3.8, 4) is 22.8 Å². The van der Waals surface area contributed by atoms with Gasteiger partial charge in [0.15, 0.2) is 11.0 Å². The van der Waals surface area contributed by atoms with E-state index in [0.717, 1.165) is 22.6 Å². The second-order valence-corrected chi connectivity index (χ2v) is 7.99. The van der Waals surface area contributed by atoms with Gasteiger partial charge in [0, 0.05) is 16.9 Å². The number of anilines is 1. The lowest BCUT2D eigenvalue weighted by atomic mass is 10.2. The van der Waals surface area contributed by atoms with Crippen LogP contribution in [0.5, 0.6) is 5.75 Å². The van der Waals surface area contributed by atoms with Gasteiger partial charge in [-0.3, -0.25) is 9.36 Å². The maximum Gasteiger partial charge on any atom is 0.234 e. The Morgan fingerprint density at radius 3 is 2.34 bits per heavy atom. The zero-order chi connectivity index (χ0) is 22.5. The molecule has 6 nitrogen and oxygen atoms in total. The number of nitrogens with zero attached hydrogens (tertiary/aromatic N) is 3. The van der Waals surface area contributed by atoms with Crippen molar-refractivity contribution in [2.75, 3.05) is 18.2 Å². The van der Waals surface area contributed by atoms with Crippen LogP contribution in [-0.2, 0) is 4.79 Å². The number of thioether (sulfide) groups is 1. The molecule has 0 bridgehead atoms. The fourth-order valence-electron chi connectivity index (χ4n) is 3.08. The van der Waals surface area contributed by atoms with Crippen molar-refractivity contribution in [3.05, 3.63) is 84.2 Å². The van der Waals surface area contributed by atoms with Crippen LogP contribution in [-0.4, -0.2) is 33.5 Å². The van der Waals surface area contributed by atoms with Crippen LogP contribution in [0.3, 0.4) is 0 Å². The molecule has 0 saturated heterocycles. The Labute approximate surface area is 189 Å². The second-order valence-electron chi connectivity index (χ2n) is 7.05. The van der Waals surface area contributed by atoms with Crippen LogP contribution in [0, 0.1) is 12.7 Å². The smallest absolute Gasteiger partial charge is 0.234 e. The number of rotatable bonds is 7.